The van der Waals surface area contributed by atoms with Crippen LogP contribution in [-0.2, 0) is 0 Å². The molecule has 2 aromatic heterocycles. The minimum atomic E-state index is -1.09. The first-order chi connectivity index (χ1) is 12.7. The van der Waals surface area contributed by atoms with Gasteiger partial charge in [-0.2, -0.15) is 5.10 Å². The summed E-state index contributed by atoms with van der Waals surface area (Å²) in [5, 5.41) is 13.5. The van der Waals surface area contributed by atoms with E-state index in [2.05, 4.69) is 10.1 Å². The molecule has 1 N–H and O–H groups in total. The van der Waals surface area contributed by atoms with Crippen LogP contribution in [0.1, 0.15) is 10.5 Å². The number of rotatable bonds is 4. The largest absolute Gasteiger partial charge is 0.497 e. The lowest BCUT2D eigenvalue weighted by Crippen LogP contribution is -2.01. The molecule has 2 heterocycles. The second kappa shape index (κ2) is 6.33. The van der Waals surface area contributed by atoms with Crippen molar-refractivity contribution in [3.8, 4) is 28.3 Å². The Morgan fingerprint density at radius 1 is 1.00 bits per heavy atom. The zero-order valence-electron chi connectivity index (χ0n) is 14.0. The predicted octanol–water partition coefficient (Wildman–Crippen LogP) is 3.77. The van der Waals surface area contributed by atoms with E-state index in [1.165, 1.54) is 6.07 Å². The quantitative estimate of drug-likeness (QED) is 0.609. The van der Waals surface area contributed by atoms with Crippen LogP contribution in [0.25, 0.3) is 28.2 Å². The zero-order chi connectivity index (χ0) is 18.1. The monoisotopic (exact) mass is 345 g/mol. The topological polar surface area (TPSA) is 76.7 Å². The molecule has 128 valence electrons. The van der Waals surface area contributed by atoms with E-state index in [0.717, 1.165) is 22.5 Å². The molecular formula is C20H15N3O3. The molecule has 0 atom stereocenters. The number of fused-ring (bicyclic) bond motifs is 1. The molecule has 0 aliphatic carbocycles. The fourth-order valence-electron chi connectivity index (χ4n) is 2.82. The van der Waals surface area contributed by atoms with Crippen LogP contribution in [0.5, 0.6) is 5.75 Å². The van der Waals surface area contributed by atoms with Crippen LogP contribution >= 0.6 is 0 Å². The fourth-order valence-corrected chi connectivity index (χ4v) is 2.82. The molecule has 0 bridgehead atoms. The maximum atomic E-state index is 11.4. The zero-order valence-corrected chi connectivity index (χ0v) is 14.0. The lowest BCUT2D eigenvalue weighted by Gasteiger charge is -2.09. The summed E-state index contributed by atoms with van der Waals surface area (Å²) < 4.78 is 6.85. The first-order valence-corrected chi connectivity index (χ1v) is 7.99. The first kappa shape index (κ1) is 15.8. The van der Waals surface area contributed by atoms with Crippen molar-refractivity contribution in [1.82, 2.24) is 14.6 Å². The van der Waals surface area contributed by atoms with E-state index in [-0.39, 0.29) is 5.69 Å². The van der Waals surface area contributed by atoms with E-state index in [1.54, 1.807) is 11.6 Å². The molecule has 26 heavy (non-hydrogen) atoms. The number of ether oxygens (including phenoxy) is 1. The van der Waals surface area contributed by atoms with Crippen LogP contribution in [0.2, 0.25) is 0 Å². The molecule has 2 aromatic carbocycles. The molecule has 4 rings (SSSR count). The normalized spacial score (nSPS) is 10.8. The van der Waals surface area contributed by atoms with E-state index in [9.17, 15) is 9.90 Å². The Kier molecular flexibility index (Phi) is 3.85. The van der Waals surface area contributed by atoms with E-state index in [1.807, 2.05) is 60.7 Å². The van der Waals surface area contributed by atoms with Crippen LogP contribution in [0, 0.1) is 0 Å². The molecular weight excluding hydrogens is 330 g/mol. The summed E-state index contributed by atoms with van der Waals surface area (Å²) >= 11 is 0. The molecule has 6 heteroatoms. The standard InChI is InChI=1S/C20H15N3O3/c1-26-15-9-5-8-14(10-15)18-11-16(13-6-3-2-4-7-13)21-19-12-17(20(24)25)22-23(18)19/h2-12H,1H3,(H,24,25). The summed E-state index contributed by atoms with van der Waals surface area (Å²) in [4.78, 5) is 15.9. The average molecular weight is 345 g/mol. The van der Waals surface area contributed by atoms with E-state index in [0.29, 0.717) is 11.4 Å². The smallest absolute Gasteiger partial charge is 0.356 e. The van der Waals surface area contributed by atoms with Gasteiger partial charge in [0.25, 0.3) is 0 Å². The Morgan fingerprint density at radius 3 is 2.50 bits per heavy atom. The van der Waals surface area contributed by atoms with Gasteiger partial charge in [-0.1, -0.05) is 42.5 Å². The second-order valence-corrected chi connectivity index (χ2v) is 5.73. The first-order valence-electron chi connectivity index (χ1n) is 7.99. The lowest BCUT2D eigenvalue weighted by atomic mass is 10.1. The highest BCUT2D eigenvalue weighted by Gasteiger charge is 2.15. The maximum absolute atomic E-state index is 11.4. The van der Waals surface area contributed by atoms with Gasteiger partial charge in [0.1, 0.15) is 5.75 Å². The molecule has 0 saturated heterocycles. The van der Waals surface area contributed by atoms with Crippen LogP contribution in [0.15, 0.2) is 66.7 Å². The van der Waals surface area contributed by atoms with Crippen molar-refractivity contribution >= 4 is 11.6 Å². The number of hydrogen-bond donors (Lipinski definition) is 1. The summed E-state index contributed by atoms with van der Waals surface area (Å²) in [6.07, 6.45) is 0. The third-order valence-electron chi connectivity index (χ3n) is 4.08. The van der Waals surface area contributed by atoms with Crippen LogP contribution in [-0.4, -0.2) is 32.8 Å². The van der Waals surface area contributed by atoms with Gasteiger partial charge >= 0.3 is 5.97 Å². The predicted molar refractivity (Wildman–Crippen MR) is 97.4 cm³/mol. The number of carbonyl (C=O) groups is 1. The number of carboxylic acids is 1. The minimum Gasteiger partial charge on any atom is -0.497 e. The van der Waals surface area contributed by atoms with Crippen molar-refractivity contribution < 1.29 is 14.6 Å². The molecule has 0 spiro atoms. The molecule has 0 aliphatic rings. The van der Waals surface area contributed by atoms with Gasteiger partial charge in [-0.3, -0.25) is 0 Å². The number of aromatic carboxylic acids is 1. The second-order valence-electron chi connectivity index (χ2n) is 5.73. The van der Waals surface area contributed by atoms with Crippen molar-refractivity contribution in [2.24, 2.45) is 0 Å². The van der Waals surface area contributed by atoms with Gasteiger partial charge in [-0.25, -0.2) is 14.3 Å². The highest BCUT2D eigenvalue weighted by atomic mass is 16.5. The molecule has 0 saturated carbocycles. The van der Waals surface area contributed by atoms with Gasteiger partial charge in [-0.05, 0) is 18.2 Å². The summed E-state index contributed by atoms with van der Waals surface area (Å²) in [5.74, 6) is -0.382. The van der Waals surface area contributed by atoms with Gasteiger partial charge in [0, 0.05) is 17.2 Å². The van der Waals surface area contributed by atoms with Crippen molar-refractivity contribution in [2.45, 2.75) is 0 Å². The third-order valence-corrected chi connectivity index (χ3v) is 4.08. The Bertz CT molecular complexity index is 1100. The molecule has 4 aromatic rings. The van der Waals surface area contributed by atoms with Crippen LogP contribution < -0.4 is 4.74 Å². The number of carboxylic acid groups (broad SMARTS) is 1. The highest BCUT2D eigenvalue weighted by molar-refractivity contribution is 5.87. The Morgan fingerprint density at radius 2 is 1.77 bits per heavy atom. The average Bonchev–Trinajstić information content (AvgIpc) is 3.12. The summed E-state index contributed by atoms with van der Waals surface area (Å²) in [7, 11) is 1.60. The molecule has 0 amide bonds. The van der Waals surface area contributed by atoms with Crippen LogP contribution in [0.3, 0.4) is 0 Å². The van der Waals surface area contributed by atoms with Crippen molar-refractivity contribution in [2.75, 3.05) is 7.11 Å². The number of methoxy groups -OCH3 is 1. The SMILES string of the molecule is COc1cccc(-c2cc(-c3ccccc3)nc3cc(C(=O)O)nn23)c1. The third kappa shape index (κ3) is 2.77. The van der Waals surface area contributed by atoms with Gasteiger partial charge in [0.05, 0.1) is 18.5 Å². The fraction of sp³-hybridized carbons (Fsp3) is 0.0500. The van der Waals surface area contributed by atoms with E-state index < -0.39 is 5.97 Å². The minimum absolute atomic E-state index is 0.0492. The molecule has 0 unspecified atom stereocenters. The van der Waals surface area contributed by atoms with Crippen molar-refractivity contribution in [3.63, 3.8) is 0 Å². The number of benzene rings is 2. The van der Waals surface area contributed by atoms with E-state index in [4.69, 9.17) is 4.74 Å². The van der Waals surface area contributed by atoms with Crippen molar-refractivity contribution in [3.05, 3.63) is 72.4 Å². The van der Waals surface area contributed by atoms with Gasteiger partial charge in [-0.15, -0.1) is 0 Å². The van der Waals surface area contributed by atoms with Crippen molar-refractivity contribution in [1.29, 1.82) is 0 Å². The summed E-state index contributed by atoms with van der Waals surface area (Å²) in [6, 6.07) is 20.6. The number of aromatic nitrogens is 3. The number of nitrogens with zero attached hydrogens (tertiary/aromatic N) is 3. The van der Waals surface area contributed by atoms with Crippen LogP contribution in [0.4, 0.5) is 0 Å². The van der Waals surface area contributed by atoms with Gasteiger partial charge < -0.3 is 9.84 Å². The molecule has 0 fully saturated rings. The van der Waals surface area contributed by atoms with Gasteiger partial charge in [0.2, 0.25) is 0 Å². The lowest BCUT2D eigenvalue weighted by molar-refractivity contribution is 0.0690. The van der Waals surface area contributed by atoms with E-state index >= 15 is 0 Å². The molecule has 0 radical (unpaired) electrons. The maximum Gasteiger partial charge on any atom is 0.356 e. The molecule has 0 aliphatic heterocycles. The summed E-state index contributed by atoms with van der Waals surface area (Å²) in [6.45, 7) is 0. The Balaban J connectivity index is 2.00. The summed E-state index contributed by atoms with van der Waals surface area (Å²) in [5.41, 5.74) is 3.70. The Labute approximate surface area is 149 Å². The molecule has 6 nitrogen and oxygen atoms in total. The van der Waals surface area contributed by atoms with Gasteiger partial charge in [0.15, 0.2) is 11.3 Å². The Hall–Kier alpha value is -3.67. The number of hydrogen-bond acceptors (Lipinski definition) is 4. The highest BCUT2D eigenvalue weighted by Crippen LogP contribution is 2.28.